The third kappa shape index (κ3) is 4.31. The molecule has 33 heavy (non-hydrogen) atoms. The van der Waals surface area contributed by atoms with E-state index in [4.69, 9.17) is 11.6 Å². The van der Waals surface area contributed by atoms with E-state index in [2.05, 4.69) is 19.2 Å². The van der Waals surface area contributed by atoms with Gasteiger partial charge in [0.05, 0.1) is 11.3 Å². The molecule has 0 aliphatic carbocycles. The highest BCUT2D eigenvalue weighted by atomic mass is 35.5. The molecule has 4 nitrogen and oxygen atoms in total. The van der Waals surface area contributed by atoms with E-state index in [-0.39, 0.29) is 17.5 Å². The number of carbonyl (C=O) groups is 2. The van der Waals surface area contributed by atoms with Crippen LogP contribution in [-0.2, 0) is 9.59 Å². The predicted molar refractivity (Wildman–Crippen MR) is 136 cm³/mol. The van der Waals surface area contributed by atoms with Gasteiger partial charge in [-0.15, -0.1) is 0 Å². The lowest BCUT2D eigenvalue weighted by Gasteiger charge is -2.17. The quantitative estimate of drug-likeness (QED) is 0.428. The van der Waals surface area contributed by atoms with Crippen molar-refractivity contribution in [1.82, 2.24) is 0 Å². The lowest BCUT2D eigenvalue weighted by molar-refractivity contribution is -0.120. The van der Waals surface area contributed by atoms with Gasteiger partial charge in [0.25, 0.3) is 11.8 Å². The van der Waals surface area contributed by atoms with Crippen LogP contribution in [0.4, 0.5) is 11.4 Å². The topological polar surface area (TPSA) is 49.4 Å². The van der Waals surface area contributed by atoms with Crippen molar-refractivity contribution in [3.8, 4) is 0 Å². The maximum absolute atomic E-state index is 13.7. The Morgan fingerprint density at radius 1 is 0.788 bits per heavy atom. The second-order valence-electron chi connectivity index (χ2n) is 8.83. The Morgan fingerprint density at radius 2 is 1.45 bits per heavy atom. The minimum Gasteiger partial charge on any atom is -0.350 e. The summed E-state index contributed by atoms with van der Waals surface area (Å²) in [5, 5.41) is 3.78. The Kier molecular flexibility index (Phi) is 6.13. The number of anilines is 2. The normalized spacial score (nSPS) is 14.0. The molecule has 3 aromatic rings. The van der Waals surface area contributed by atoms with Crippen LogP contribution in [0.25, 0.3) is 5.57 Å². The molecule has 1 N–H and O–H groups in total. The molecule has 0 saturated heterocycles. The van der Waals surface area contributed by atoms with Crippen molar-refractivity contribution in [2.24, 2.45) is 0 Å². The smallest absolute Gasteiger partial charge is 0.282 e. The SMILES string of the molecule is Cc1ccc(C2=C(Nc3cc(Cl)ccc3C)C(=O)N(c3ccc(C(C)C)cc3)C2=O)cc1C. The molecule has 0 spiro atoms. The van der Waals surface area contributed by atoms with Gasteiger partial charge < -0.3 is 5.32 Å². The summed E-state index contributed by atoms with van der Waals surface area (Å²) < 4.78 is 0. The first-order valence-corrected chi connectivity index (χ1v) is 11.4. The zero-order valence-corrected chi connectivity index (χ0v) is 20.2. The fourth-order valence-corrected chi connectivity index (χ4v) is 4.09. The van der Waals surface area contributed by atoms with Gasteiger partial charge in [-0.2, -0.15) is 0 Å². The van der Waals surface area contributed by atoms with Gasteiger partial charge in [-0.25, -0.2) is 4.90 Å². The minimum absolute atomic E-state index is 0.251. The monoisotopic (exact) mass is 458 g/mol. The molecule has 1 heterocycles. The van der Waals surface area contributed by atoms with Crippen molar-refractivity contribution >= 4 is 40.4 Å². The third-order valence-electron chi connectivity index (χ3n) is 6.16. The lowest BCUT2D eigenvalue weighted by atomic mass is 9.99. The number of rotatable bonds is 5. The van der Waals surface area contributed by atoms with Crippen LogP contribution in [0.1, 0.15) is 47.6 Å². The molecule has 4 rings (SSSR count). The van der Waals surface area contributed by atoms with E-state index in [1.54, 1.807) is 12.1 Å². The summed E-state index contributed by atoms with van der Waals surface area (Å²) in [6.45, 7) is 10.2. The Bertz CT molecular complexity index is 1290. The highest BCUT2D eigenvalue weighted by molar-refractivity contribution is 6.46. The fourth-order valence-electron chi connectivity index (χ4n) is 3.92. The Hall–Kier alpha value is -3.37. The van der Waals surface area contributed by atoms with Crippen molar-refractivity contribution < 1.29 is 9.59 Å². The van der Waals surface area contributed by atoms with Crippen LogP contribution in [0.3, 0.4) is 0 Å². The van der Waals surface area contributed by atoms with Gasteiger partial charge in [-0.1, -0.05) is 61.8 Å². The number of amides is 2. The Balaban J connectivity index is 1.83. The van der Waals surface area contributed by atoms with Crippen molar-refractivity contribution in [2.75, 3.05) is 10.2 Å². The summed E-state index contributed by atoms with van der Waals surface area (Å²) in [5.41, 5.74) is 6.80. The number of nitrogens with one attached hydrogen (secondary N) is 1. The van der Waals surface area contributed by atoms with Crippen LogP contribution in [0, 0.1) is 20.8 Å². The van der Waals surface area contributed by atoms with E-state index in [0.29, 0.717) is 33.5 Å². The molecule has 0 saturated carbocycles. The first-order chi connectivity index (χ1) is 15.7. The number of aryl methyl sites for hydroxylation is 3. The van der Waals surface area contributed by atoms with Crippen molar-refractivity contribution in [3.63, 3.8) is 0 Å². The number of halogens is 1. The van der Waals surface area contributed by atoms with Crippen LogP contribution in [0.15, 0.2) is 66.4 Å². The van der Waals surface area contributed by atoms with Gasteiger partial charge in [-0.3, -0.25) is 9.59 Å². The van der Waals surface area contributed by atoms with Crippen LogP contribution < -0.4 is 10.2 Å². The summed E-state index contributed by atoms with van der Waals surface area (Å²) >= 11 is 6.21. The average molecular weight is 459 g/mol. The summed E-state index contributed by atoms with van der Waals surface area (Å²) in [7, 11) is 0. The van der Waals surface area contributed by atoms with Gasteiger partial charge in [-0.05, 0) is 78.8 Å². The first-order valence-electron chi connectivity index (χ1n) is 11.0. The van der Waals surface area contributed by atoms with Gasteiger partial charge in [0.2, 0.25) is 0 Å². The molecule has 0 fully saturated rings. The van der Waals surface area contributed by atoms with Gasteiger partial charge in [0, 0.05) is 10.7 Å². The van der Waals surface area contributed by atoms with E-state index in [1.807, 2.05) is 69.3 Å². The van der Waals surface area contributed by atoms with Gasteiger partial charge in [0.1, 0.15) is 5.70 Å². The maximum atomic E-state index is 13.7. The largest absolute Gasteiger partial charge is 0.350 e. The molecule has 1 aliphatic rings. The van der Waals surface area contributed by atoms with E-state index in [9.17, 15) is 9.59 Å². The number of benzene rings is 3. The fraction of sp³-hybridized carbons (Fsp3) is 0.214. The molecule has 5 heteroatoms. The predicted octanol–water partition coefficient (Wildman–Crippen LogP) is 6.79. The van der Waals surface area contributed by atoms with Crippen LogP contribution in [0.2, 0.25) is 5.02 Å². The van der Waals surface area contributed by atoms with E-state index in [1.165, 1.54) is 4.90 Å². The number of carbonyl (C=O) groups excluding carboxylic acids is 2. The molecular formula is C28H27ClN2O2. The molecule has 168 valence electrons. The molecule has 0 aromatic heterocycles. The number of hydrogen-bond acceptors (Lipinski definition) is 3. The van der Waals surface area contributed by atoms with Crippen molar-refractivity contribution in [3.05, 3.63) is 99.2 Å². The number of hydrogen-bond donors (Lipinski definition) is 1. The first kappa shape index (κ1) is 22.8. The maximum Gasteiger partial charge on any atom is 0.282 e. The standard InChI is InChI=1S/C28H27ClN2O2/c1-16(2)20-9-12-23(13-10-20)31-27(32)25(21-8-6-17(3)19(5)14-21)26(28(31)33)30-24-15-22(29)11-7-18(24)4/h6-16,30H,1-5H3. The summed E-state index contributed by atoms with van der Waals surface area (Å²) in [5.74, 6) is -0.371. The molecular weight excluding hydrogens is 432 g/mol. The summed E-state index contributed by atoms with van der Waals surface area (Å²) in [4.78, 5) is 28.5. The van der Waals surface area contributed by atoms with Gasteiger partial charge in [0.15, 0.2) is 0 Å². The second kappa shape index (κ2) is 8.87. The highest BCUT2D eigenvalue weighted by Gasteiger charge is 2.40. The van der Waals surface area contributed by atoms with Gasteiger partial charge >= 0.3 is 0 Å². The molecule has 3 aromatic carbocycles. The number of imide groups is 1. The summed E-state index contributed by atoms with van der Waals surface area (Å²) in [6.07, 6.45) is 0. The van der Waals surface area contributed by atoms with Crippen molar-refractivity contribution in [2.45, 2.75) is 40.5 Å². The second-order valence-corrected chi connectivity index (χ2v) is 9.26. The molecule has 0 radical (unpaired) electrons. The molecule has 1 aliphatic heterocycles. The Labute approximate surface area is 199 Å². The molecule has 2 amide bonds. The van der Waals surface area contributed by atoms with E-state index >= 15 is 0 Å². The highest BCUT2D eigenvalue weighted by Crippen LogP contribution is 2.35. The van der Waals surface area contributed by atoms with Crippen LogP contribution >= 0.6 is 11.6 Å². The Morgan fingerprint density at radius 3 is 2.09 bits per heavy atom. The lowest BCUT2D eigenvalue weighted by Crippen LogP contribution is -2.32. The van der Waals surface area contributed by atoms with Crippen LogP contribution in [0.5, 0.6) is 0 Å². The van der Waals surface area contributed by atoms with Crippen LogP contribution in [-0.4, -0.2) is 11.8 Å². The number of nitrogens with zero attached hydrogens (tertiary/aromatic N) is 1. The van der Waals surface area contributed by atoms with E-state index in [0.717, 1.165) is 22.3 Å². The van der Waals surface area contributed by atoms with Crippen molar-refractivity contribution in [1.29, 1.82) is 0 Å². The summed E-state index contributed by atoms with van der Waals surface area (Å²) in [6, 6.07) is 18.8. The zero-order chi connectivity index (χ0) is 23.9. The molecule has 0 atom stereocenters. The molecule has 0 unspecified atom stereocenters. The zero-order valence-electron chi connectivity index (χ0n) is 19.5. The van der Waals surface area contributed by atoms with E-state index < -0.39 is 0 Å². The molecule has 0 bridgehead atoms. The minimum atomic E-state index is -0.384. The third-order valence-corrected chi connectivity index (χ3v) is 6.39. The average Bonchev–Trinajstić information content (AvgIpc) is 3.02.